The van der Waals surface area contributed by atoms with Gasteiger partial charge in [-0.25, -0.2) is 0 Å². The number of benzene rings is 8. The zero-order chi connectivity index (χ0) is 48.0. The second-order valence-electron chi connectivity index (χ2n) is 19.0. The van der Waals surface area contributed by atoms with E-state index in [4.69, 9.17) is 12.1 Å². The molecule has 0 fully saturated rings. The van der Waals surface area contributed by atoms with E-state index in [0.29, 0.717) is 17.4 Å². The van der Waals surface area contributed by atoms with Crippen LogP contribution in [0.2, 0.25) is 0 Å². The maximum atomic E-state index is 8.21. The topological polar surface area (TPSA) is 43.9 Å². The van der Waals surface area contributed by atoms with E-state index in [0.717, 1.165) is 44.6 Å². The molecule has 0 unspecified atom stereocenters. The van der Waals surface area contributed by atoms with Crippen LogP contribution in [0.25, 0.3) is 94.1 Å². The van der Waals surface area contributed by atoms with Gasteiger partial charge in [-0.05, 0) is 120 Å². The molecule has 11 rings (SSSR count). The zero-order valence-corrected chi connectivity index (χ0v) is 42.0. The average molecular weight is 1060 g/mol. The van der Waals surface area contributed by atoms with Crippen LogP contribution in [0.15, 0.2) is 187 Å². The number of pyridine rings is 1. The molecule has 3 aromatic heterocycles. The van der Waals surface area contributed by atoms with Crippen molar-refractivity contribution in [3.05, 3.63) is 211 Å². The number of aromatic nitrogens is 3. The van der Waals surface area contributed by atoms with E-state index in [1.54, 1.807) is 6.20 Å². The molecule has 0 bridgehead atoms. The Morgan fingerprint density at radius 3 is 1.91 bits per heavy atom. The largest absolute Gasteiger partial charge is 0.501 e. The van der Waals surface area contributed by atoms with Crippen molar-refractivity contribution in [2.24, 2.45) is 5.41 Å². The average Bonchev–Trinajstić information content (AvgIpc) is 4.01. The minimum atomic E-state index is -1.40. The fraction of sp³-hybridized carbons (Fsp3) is 0.175. The number of hydrogen-bond donors (Lipinski definition) is 0. The molecule has 0 spiro atoms. The second kappa shape index (κ2) is 19.4. The molecule has 0 atom stereocenters. The summed E-state index contributed by atoms with van der Waals surface area (Å²) in [6.45, 7) is 14.8. The van der Waals surface area contributed by atoms with E-state index in [1.165, 1.54) is 60.6 Å². The Morgan fingerprint density at radius 1 is 0.603 bits per heavy atom. The first-order valence-electron chi connectivity index (χ1n) is 24.3. The first kappa shape index (κ1) is 43.6. The van der Waals surface area contributed by atoms with E-state index >= 15 is 0 Å². The third kappa shape index (κ3) is 9.34. The van der Waals surface area contributed by atoms with Crippen LogP contribution in [0.5, 0.6) is 0 Å². The van der Waals surface area contributed by atoms with Gasteiger partial charge in [-0.2, -0.15) is 0 Å². The van der Waals surface area contributed by atoms with Gasteiger partial charge in [0.1, 0.15) is 5.58 Å². The summed E-state index contributed by atoms with van der Waals surface area (Å²) in [7, 11) is 0. The summed E-state index contributed by atoms with van der Waals surface area (Å²) in [6, 6.07) is 63.7. The molecule has 0 aliphatic rings. The number of fused-ring (bicyclic) bond motifs is 6. The minimum Gasteiger partial charge on any atom is -0.501 e. The number of rotatable bonds is 8. The van der Waals surface area contributed by atoms with Gasteiger partial charge in [0.15, 0.2) is 0 Å². The van der Waals surface area contributed by atoms with Gasteiger partial charge >= 0.3 is 0 Å². The van der Waals surface area contributed by atoms with Gasteiger partial charge in [-0.15, -0.1) is 54.1 Å². The van der Waals surface area contributed by atoms with E-state index in [1.807, 2.05) is 69.4 Å². The third-order valence-corrected chi connectivity index (χ3v) is 12.4. The van der Waals surface area contributed by atoms with Crippen LogP contribution in [-0.4, -0.2) is 14.5 Å². The van der Waals surface area contributed by atoms with Crippen LogP contribution < -0.4 is 0 Å². The molecule has 0 N–H and O–H groups in total. The first-order chi connectivity index (χ1) is 33.3. The summed E-state index contributed by atoms with van der Waals surface area (Å²) in [5.74, 6) is 1.44. The van der Waals surface area contributed by atoms with Crippen LogP contribution in [0, 0.1) is 17.5 Å². The Labute approximate surface area is 416 Å². The Morgan fingerprint density at radius 2 is 1.28 bits per heavy atom. The molecule has 68 heavy (non-hydrogen) atoms. The van der Waals surface area contributed by atoms with E-state index < -0.39 is 11.8 Å². The molecule has 1 radical (unpaired) electrons. The summed E-state index contributed by atoms with van der Waals surface area (Å²) < 4.78 is 25.5. The molecule has 0 saturated carbocycles. The smallest absolute Gasteiger partial charge is 0.121 e. The number of nitrogens with zero attached hydrogens (tertiary/aromatic N) is 3. The molecule has 4 nitrogen and oxygen atoms in total. The van der Waals surface area contributed by atoms with Crippen molar-refractivity contribution in [3.63, 3.8) is 0 Å². The molecule has 3 heterocycles. The second-order valence-corrected chi connectivity index (χ2v) is 19.0. The molecule has 0 saturated heterocycles. The van der Waals surface area contributed by atoms with Crippen LogP contribution >= 0.6 is 0 Å². The van der Waals surface area contributed by atoms with Crippen molar-refractivity contribution < 1.29 is 27.3 Å². The maximum Gasteiger partial charge on any atom is 0.121 e. The van der Waals surface area contributed by atoms with Gasteiger partial charge in [-0.1, -0.05) is 156 Å². The van der Waals surface area contributed by atoms with Crippen molar-refractivity contribution in [2.75, 3.05) is 0 Å². The van der Waals surface area contributed by atoms with Gasteiger partial charge in [0, 0.05) is 52.5 Å². The minimum absolute atomic E-state index is 0. The van der Waals surface area contributed by atoms with Gasteiger partial charge in [0.25, 0.3) is 0 Å². The predicted molar refractivity (Wildman–Crippen MR) is 281 cm³/mol. The number of imidazole rings is 1. The van der Waals surface area contributed by atoms with Gasteiger partial charge in [0.2, 0.25) is 0 Å². The van der Waals surface area contributed by atoms with Crippen LogP contribution in [-0.2, 0) is 26.5 Å². The van der Waals surface area contributed by atoms with E-state index in [9.17, 15) is 0 Å². The van der Waals surface area contributed by atoms with Gasteiger partial charge in [-0.3, -0.25) is 4.98 Å². The van der Waals surface area contributed by atoms with Crippen LogP contribution in [0.1, 0.15) is 79.7 Å². The first-order valence-corrected chi connectivity index (χ1v) is 23.3. The molecule has 0 aliphatic heterocycles. The fourth-order valence-corrected chi connectivity index (χ4v) is 9.19. The number of furan rings is 1. The molecule has 11 aromatic rings. The molecular formula is C63H55IrN3O-2. The van der Waals surface area contributed by atoms with Gasteiger partial charge < -0.3 is 14.0 Å². The summed E-state index contributed by atoms with van der Waals surface area (Å²) >= 11 is 0. The zero-order valence-electron chi connectivity index (χ0n) is 41.6. The monoisotopic (exact) mass is 1060 g/mol. The van der Waals surface area contributed by atoms with Crippen molar-refractivity contribution in [1.29, 1.82) is 0 Å². The third-order valence-electron chi connectivity index (χ3n) is 12.4. The standard InChI is InChI=1S/C47H37N2O.C16H18N.Ir/c1-29(2)40-26-36(32-14-9-6-10-15-32)27-41(30(3)4)45(40)49-23-22-48-47(49)39-17-11-16-38-43-25-35-19-18-34-24-33(31-12-7-5-8-13-31)20-21-37(34)42(35)28-44(43)50-46(38)39;1-16(2,3)11-13-9-10-15(17-12-13)14-7-5-4-6-8-14;/h5-16,18-30H,1-4H3;4-7,9-10,12H,11H2,1-3H3;/q2*-1;/i;11D2;. The molecule has 339 valence electrons. The summed E-state index contributed by atoms with van der Waals surface area (Å²) in [6.07, 6.45) is 4.21. The Kier molecular flexibility index (Phi) is 12.4. The Hall–Kier alpha value is -6.91. The fourth-order valence-electron chi connectivity index (χ4n) is 9.19. The molecular weight excluding hydrogens is 1010 g/mol. The molecule has 0 amide bonds. The SMILES string of the molecule is CC(C)c1cc(-c2ccccc2)cc(C(C)C)c1-n1ccnc1-c1[c-]ccc2c1oc1cc3c(ccc4cc(-c5ccccc5)ccc43)cc12.[2H]C([2H])(c1ccc(-c2[c-]cccc2)nc1)C(C)(C)C.[Ir]. The van der Waals surface area contributed by atoms with Crippen LogP contribution in [0.3, 0.4) is 0 Å². The quantitative estimate of drug-likeness (QED) is 0.113. The van der Waals surface area contributed by atoms with Crippen molar-refractivity contribution in [1.82, 2.24) is 14.5 Å². The van der Waals surface area contributed by atoms with E-state index in [2.05, 4.69) is 177 Å². The summed E-state index contributed by atoms with van der Waals surface area (Å²) in [5.41, 5.74) is 13.1. The predicted octanol–water partition coefficient (Wildman–Crippen LogP) is 17.3. The summed E-state index contributed by atoms with van der Waals surface area (Å²) in [4.78, 5) is 9.32. The van der Waals surface area contributed by atoms with Gasteiger partial charge in [0.05, 0.1) is 11.4 Å². The van der Waals surface area contributed by atoms with Crippen molar-refractivity contribution in [3.8, 4) is 50.6 Å². The number of hydrogen-bond acceptors (Lipinski definition) is 3. The van der Waals surface area contributed by atoms with Crippen LogP contribution in [0.4, 0.5) is 0 Å². The molecule has 0 aliphatic carbocycles. The maximum absolute atomic E-state index is 8.21. The molecule has 8 aromatic carbocycles. The molecule has 5 heteroatoms. The normalized spacial score (nSPS) is 12.3. The van der Waals surface area contributed by atoms with Crippen molar-refractivity contribution >= 4 is 43.5 Å². The van der Waals surface area contributed by atoms with E-state index in [-0.39, 0.29) is 20.1 Å². The Bertz CT molecular complexity index is 3580. The Balaban J connectivity index is 0.000000257. The van der Waals surface area contributed by atoms with Crippen molar-refractivity contribution in [2.45, 2.75) is 66.7 Å². The summed E-state index contributed by atoms with van der Waals surface area (Å²) in [5, 5.41) is 6.97.